The second kappa shape index (κ2) is 4.63. The summed E-state index contributed by atoms with van der Waals surface area (Å²) >= 11 is 0. The highest BCUT2D eigenvalue weighted by molar-refractivity contribution is 5.01. The van der Waals surface area contributed by atoms with Crippen LogP contribution < -0.4 is 5.73 Å². The largest absolute Gasteiger partial charge is 0.329 e. The van der Waals surface area contributed by atoms with E-state index in [1.54, 1.807) is 0 Å². The summed E-state index contributed by atoms with van der Waals surface area (Å²) in [5.41, 5.74) is 6.23. The number of rotatable bonds is 6. The Bertz CT molecular complexity index is 177. The van der Waals surface area contributed by atoms with Crippen LogP contribution in [-0.4, -0.2) is 29.6 Å². The first-order valence-electron chi connectivity index (χ1n) is 6.06. The third-order valence-corrected chi connectivity index (χ3v) is 3.99. The number of nitrogens with two attached hydrogens (primary N) is 1. The molecule has 2 heteroatoms. The highest BCUT2D eigenvalue weighted by Gasteiger charge is 2.45. The zero-order chi connectivity index (χ0) is 10.8. The van der Waals surface area contributed by atoms with Crippen LogP contribution in [0.3, 0.4) is 0 Å². The van der Waals surface area contributed by atoms with Gasteiger partial charge >= 0.3 is 0 Å². The van der Waals surface area contributed by atoms with Gasteiger partial charge in [-0.25, -0.2) is 0 Å². The Kier molecular flexibility index (Phi) is 3.96. The molecule has 0 aromatic heterocycles. The summed E-state index contributed by atoms with van der Waals surface area (Å²) in [7, 11) is 0. The molecule has 1 fully saturated rings. The Hall–Kier alpha value is -0.0800. The van der Waals surface area contributed by atoms with Gasteiger partial charge in [-0.3, -0.25) is 4.90 Å². The van der Waals surface area contributed by atoms with E-state index in [0.29, 0.717) is 6.04 Å². The summed E-state index contributed by atoms with van der Waals surface area (Å²) in [5, 5.41) is 0. The lowest BCUT2D eigenvalue weighted by atomic mass is 9.91. The molecule has 0 aromatic carbocycles. The highest BCUT2D eigenvalue weighted by atomic mass is 15.2. The first-order valence-corrected chi connectivity index (χ1v) is 6.06. The predicted octanol–water partition coefficient (Wildman–Crippen LogP) is 2.23. The van der Waals surface area contributed by atoms with Gasteiger partial charge in [-0.15, -0.1) is 0 Å². The molecular formula is C12H26N2. The van der Waals surface area contributed by atoms with Crippen molar-refractivity contribution in [2.24, 2.45) is 11.7 Å². The average Bonchev–Trinajstić information content (AvgIpc) is 3.01. The molecule has 0 heterocycles. The quantitative estimate of drug-likeness (QED) is 0.709. The lowest BCUT2D eigenvalue weighted by Crippen LogP contribution is -2.56. The van der Waals surface area contributed by atoms with E-state index in [2.05, 4.69) is 32.6 Å². The third-order valence-electron chi connectivity index (χ3n) is 3.99. The molecule has 0 amide bonds. The van der Waals surface area contributed by atoms with Crippen LogP contribution in [0.5, 0.6) is 0 Å². The lowest BCUT2D eigenvalue weighted by Gasteiger charge is -2.44. The molecule has 2 N–H and O–H groups in total. The first-order chi connectivity index (χ1) is 6.60. The van der Waals surface area contributed by atoms with Crippen LogP contribution in [0.4, 0.5) is 0 Å². The Morgan fingerprint density at radius 3 is 2.29 bits per heavy atom. The Morgan fingerprint density at radius 1 is 1.43 bits per heavy atom. The smallest absolute Gasteiger partial charge is 0.0334 e. The topological polar surface area (TPSA) is 29.3 Å². The molecule has 0 radical (unpaired) electrons. The average molecular weight is 198 g/mol. The number of likely N-dealkylation sites (N-methyl/N-ethyl adjacent to an activating group) is 1. The molecule has 0 bridgehead atoms. The van der Waals surface area contributed by atoms with Crippen LogP contribution in [0, 0.1) is 5.92 Å². The molecule has 2 nitrogen and oxygen atoms in total. The van der Waals surface area contributed by atoms with Crippen molar-refractivity contribution in [3.63, 3.8) is 0 Å². The molecule has 2 atom stereocenters. The van der Waals surface area contributed by atoms with Gasteiger partial charge in [0.25, 0.3) is 0 Å². The van der Waals surface area contributed by atoms with Crippen LogP contribution in [0.15, 0.2) is 0 Å². The number of hydrogen-bond acceptors (Lipinski definition) is 2. The minimum atomic E-state index is 0.254. The molecule has 1 aliphatic carbocycles. The van der Waals surface area contributed by atoms with E-state index >= 15 is 0 Å². The molecule has 2 unspecified atom stereocenters. The minimum Gasteiger partial charge on any atom is -0.329 e. The Labute approximate surface area is 88.8 Å². The Balaban J connectivity index is 2.72. The molecular weight excluding hydrogens is 172 g/mol. The zero-order valence-corrected chi connectivity index (χ0v) is 10.2. The monoisotopic (exact) mass is 198 g/mol. The van der Waals surface area contributed by atoms with Gasteiger partial charge in [0.15, 0.2) is 0 Å². The van der Waals surface area contributed by atoms with Crippen LogP contribution in [0.2, 0.25) is 0 Å². The van der Waals surface area contributed by atoms with E-state index in [0.717, 1.165) is 19.0 Å². The minimum absolute atomic E-state index is 0.254. The fourth-order valence-electron chi connectivity index (χ4n) is 2.62. The SMILES string of the molecule is CCC(C)N(CC)C(C)(CN)C1CC1. The lowest BCUT2D eigenvalue weighted by molar-refractivity contribution is 0.0544. The van der Waals surface area contributed by atoms with Crippen LogP contribution in [0.1, 0.15) is 47.0 Å². The highest BCUT2D eigenvalue weighted by Crippen LogP contribution is 2.43. The number of nitrogens with zero attached hydrogens (tertiary/aromatic N) is 1. The van der Waals surface area contributed by atoms with Crippen molar-refractivity contribution in [1.82, 2.24) is 4.90 Å². The second-order valence-corrected chi connectivity index (χ2v) is 4.88. The standard InChI is InChI=1S/C12H26N2/c1-5-10(3)14(6-2)12(4,9-13)11-7-8-11/h10-11H,5-9,13H2,1-4H3. The molecule has 0 saturated heterocycles. The maximum Gasteiger partial charge on any atom is 0.0334 e. The molecule has 1 aliphatic rings. The normalized spacial score (nSPS) is 23.6. The first kappa shape index (κ1) is 12.0. The van der Waals surface area contributed by atoms with Gasteiger partial charge in [0.05, 0.1) is 0 Å². The summed E-state index contributed by atoms with van der Waals surface area (Å²) < 4.78 is 0. The van der Waals surface area contributed by atoms with Crippen molar-refractivity contribution < 1.29 is 0 Å². The van der Waals surface area contributed by atoms with Gasteiger partial charge < -0.3 is 5.73 Å². The van der Waals surface area contributed by atoms with Crippen molar-refractivity contribution in [2.45, 2.75) is 58.5 Å². The van der Waals surface area contributed by atoms with Gasteiger partial charge in [-0.05, 0) is 45.6 Å². The van der Waals surface area contributed by atoms with Crippen molar-refractivity contribution in [3.8, 4) is 0 Å². The molecule has 1 rings (SSSR count). The molecule has 0 spiro atoms. The Morgan fingerprint density at radius 2 is 2.00 bits per heavy atom. The third kappa shape index (κ3) is 2.12. The zero-order valence-electron chi connectivity index (χ0n) is 10.2. The van der Waals surface area contributed by atoms with Crippen molar-refractivity contribution in [2.75, 3.05) is 13.1 Å². The molecule has 1 saturated carbocycles. The number of hydrogen-bond donors (Lipinski definition) is 1. The van der Waals surface area contributed by atoms with E-state index in [-0.39, 0.29) is 5.54 Å². The van der Waals surface area contributed by atoms with E-state index in [1.165, 1.54) is 19.3 Å². The fourth-order valence-corrected chi connectivity index (χ4v) is 2.62. The van der Waals surface area contributed by atoms with Crippen LogP contribution in [-0.2, 0) is 0 Å². The predicted molar refractivity (Wildman–Crippen MR) is 62.3 cm³/mol. The summed E-state index contributed by atoms with van der Waals surface area (Å²) in [6, 6.07) is 0.661. The van der Waals surface area contributed by atoms with Gasteiger partial charge in [-0.2, -0.15) is 0 Å². The summed E-state index contributed by atoms with van der Waals surface area (Å²) in [4.78, 5) is 2.60. The maximum absolute atomic E-state index is 5.98. The molecule has 84 valence electrons. The van der Waals surface area contributed by atoms with Crippen molar-refractivity contribution >= 4 is 0 Å². The molecule has 14 heavy (non-hydrogen) atoms. The molecule has 0 aliphatic heterocycles. The summed E-state index contributed by atoms with van der Waals surface area (Å²) in [5.74, 6) is 0.849. The van der Waals surface area contributed by atoms with Crippen molar-refractivity contribution in [1.29, 1.82) is 0 Å². The molecule has 0 aromatic rings. The summed E-state index contributed by atoms with van der Waals surface area (Å²) in [6.07, 6.45) is 3.97. The second-order valence-electron chi connectivity index (χ2n) is 4.88. The van der Waals surface area contributed by atoms with Gasteiger partial charge in [-0.1, -0.05) is 13.8 Å². The van der Waals surface area contributed by atoms with Crippen molar-refractivity contribution in [3.05, 3.63) is 0 Å². The van der Waals surface area contributed by atoms with Gasteiger partial charge in [0.1, 0.15) is 0 Å². The van der Waals surface area contributed by atoms with Crippen LogP contribution >= 0.6 is 0 Å². The summed E-state index contributed by atoms with van der Waals surface area (Å²) in [6.45, 7) is 11.1. The van der Waals surface area contributed by atoms with Crippen LogP contribution in [0.25, 0.3) is 0 Å². The van der Waals surface area contributed by atoms with Gasteiger partial charge in [0.2, 0.25) is 0 Å². The van der Waals surface area contributed by atoms with Gasteiger partial charge in [0, 0.05) is 18.1 Å². The van der Waals surface area contributed by atoms with E-state index in [1.807, 2.05) is 0 Å². The van der Waals surface area contributed by atoms with E-state index in [9.17, 15) is 0 Å². The maximum atomic E-state index is 5.98. The van der Waals surface area contributed by atoms with E-state index < -0.39 is 0 Å². The fraction of sp³-hybridized carbons (Fsp3) is 1.00. The van der Waals surface area contributed by atoms with E-state index in [4.69, 9.17) is 5.73 Å².